The zero-order valence-corrected chi connectivity index (χ0v) is 19.0. The summed E-state index contributed by atoms with van der Waals surface area (Å²) < 4.78 is 40.0. The van der Waals surface area contributed by atoms with Crippen molar-refractivity contribution in [2.45, 2.75) is 31.5 Å². The maximum atomic E-state index is 12.9. The second-order valence-corrected chi connectivity index (χ2v) is 8.89. The number of pyridine rings is 1. The lowest BCUT2D eigenvalue weighted by Crippen LogP contribution is -2.30. The van der Waals surface area contributed by atoms with Gasteiger partial charge in [0.15, 0.2) is 0 Å². The fourth-order valence-corrected chi connectivity index (χ4v) is 5.39. The quantitative estimate of drug-likeness (QED) is 0.371. The van der Waals surface area contributed by atoms with Gasteiger partial charge in [0.1, 0.15) is 0 Å². The van der Waals surface area contributed by atoms with Gasteiger partial charge in [-0.2, -0.15) is 13.2 Å². The molecule has 1 atom stereocenters. The molecule has 2 aliphatic heterocycles. The van der Waals surface area contributed by atoms with E-state index in [1.54, 1.807) is 16.8 Å². The summed E-state index contributed by atoms with van der Waals surface area (Å²) in [5.41, 5.74) is 4.72. The summed E-state index contributed by atoms with van der Waals surface area (Å²) >= 11 is 0. The first kappa shape index (κ1) is 22.7. The van der Waals surface area contributed by atoms with Crippen LogP contribution in [0.15, 0.2) is 65.6 Å². The van der Waals surface area contributed by atoms with Crippen molar-refractivity contribution in [3.05, 3.63) is 88.0 Å². The number of alkyl halides is 3. The van der Waals surface area contributed by atoms with Gasteiger partial charge in [-0.05, 0) is 66.4 Å². The minimum Gasteiger partial charge on any atom is -0.358 e. The standard InChI is InChI=1S/C26H22F3N3O.ClH/c27-26(28,29)18-5-3-16(4-6-18)17-9-13-32(24(33)14-17)19-7-8-20-22(15-19)30-21-10-12-31-11-1-2-23(31)25(20)21;/h3-9,13-15,23,30H,1-2,10-12H2;1H. The fourth-order valence-electron chi connectivity index (χ4n) is 5.39. The molecule has 0 bridgehead atoms. The molecular weight excluding hydrogens is 463 g/mol. The molecule has 2 aromatic carbocycles. The van der Waals surface area contributed by atoms with Crippen molar-refractivity contribution < 1.29 is 13.2 Å². The molecule has 1 unspecified atom stereocenters. The number of aromatic nitrogens is 2. The Labute approximate surface area is 200 Å². The van der Waals surface area contributed by atoms with E-state index in [-0.39, 0.29) is 18.0 Å². The molecular formula is C26H23ClF3N3O. The van der Waals surface area contributed by atoms with Crippen LogP contribution < -0.4 is 5.56 Å². The molecule has 176 valence electrons. The Balaban J connectivity index is 0.00000241. The normalized spacial score (nSPS) is 17.9. The number of nitrogens with one attached hydrogen (secondary N) is 1. The van der Waals surface area contributed by atoms with Crippen molar-refractivity contribution in [2.24, 2.45) is 0 Å². The third-order valence-electron chi connectivity index (χ3n) is 6.99. The Hall–Kier alpha value is -3.03. The van der Waals surface area contributed by atoms with Crippen LogP contribution in [0.5, 0.6) is 0 Å². The molecule has 1 fully saturated rings. The molecule has 34 heavy (non-hydrogen) atoms. The topological polar surface area (TPSA) is 41.0 Å². The van der Waals surface area contributed by atoms with E-state index in [1.165, 1.54) is 47.7 Å². The smallest absolute Gasteiger partial charge is 0.358 e. The van der Waals surface area contributed by atoms with Crippen LogP contribution in [0.2, 0.25) is 0 Å². The van der Waals surface area contributed by atoms with Crippen molar-refractivity contribution in [1.29, 1.82) is 0 Å². The van der Waals surface area contributed by atoms with Gasteiger partial charge in [-0.3, -0.25) is 14.3 Å². The van der Waals surface area contributed by atoms with Crippen LogP contribution in [-0.2, 0) is 12.6 Å². The number of halogens is 4. The average molecular weight is 486 g/mol. The van der Waals surface area contributed by atoms with E-state index in [9.17, 15) is 18.0 Å². The molecule has 0 amide bonds. The van der Waals surface area contributed by atoms with Crippen molar-refractivity contribution in [2.75, 3.05) is 13.1 Å². The predicted octanol–water partition coefficient (Wildman–Crippen LogP) is 6.12. The largest absolute Gasteiger partial charge is 0.416 e. The summed E-state index contributed by atoms with van der Waals surface area (Å²) in [7, 11) is 0. The molecule has 8 heteroatoms. The summed E-state index contributed by atoms with van der Waals surface area (Å²) in [6.07, 6.45) is 0.728. The Bertz CT molecular complexity index is 1420. The highest BCUT2D eigenvalue weighted by atomic mass is 35.5. The van der Waals surface area contributed by atoms with Gasteiger partial charge < -0.3 is 4.98 Å². The molecule has 4 heterocycles. The van der Waals surface area contributed by atoms with Gasteiger partial charge in [0.25, 0.3) is 5.56 Å². The van der Waals surface area contributed by atoms with E-state index >= 15 is 0 Å². The monoisotopic (exact) mass is 485 g/mol. The van der Waals surface area contributed by atoms with Gasteiger partial charge >= 0.3 is 6.18 Å². The second-order valence-electron chi connectivity index (χ2n) is 8.89. The van der Waals surface area contributed by atoms with Crippen molar-refractivity contribution in [1.82, 2.24) is 14.5 Å². The molecule has 1 saturated heterocycles. The van der Waals surface area contributed by atoms with Gasteiger partial charge in [0.2, 0.25) is 0 Å². The van der Waals surface area contributed by atoms with Gasteiger partial charge in [-0.25, -0.2) is 0 Å². The van der Waals surface area contributed by atoms with Crippen LogP contribution in [0, 0.1) is 0 Å². The summed E-state index contributed by atoms with van der Waals surface area (Å²) in [6, 6.07) is 14.6. The number of nitrogens with zero attached hydrogens (tertiary/aromatic N) is 2. The third kappa shape index (κ3) is 3.73. The maximum absolute atomic E-state index is 12.9. The minimum atomic E-state index is -4.38. The lowest BCUT2D eigenvalue weighted by molar-refractivity contribution is -0.137. The Morgan fingerprint density at radius 1 is 0.941 bits per heavy atom. The molecule has 1 N–H and O–H groups in total. The Morgan fingerprint density at radius 2 is 1.74 bits per heavy atom. The van der Waals surface area contributed by atoms with E-state index in [4.69, 9.17) is 0 Å². The summed E-state index contributed by atoms with van der Waals surface area (Å²) in [5, 5.41) is 1.22. The van der Waals surface area contributed by atoms with E-state index in [0.29, 0.717) is 17.2 Å². The van der Waals surface area contributed by atoms with Crippen molar-refractivity contribution in [3.63, 3.8) is 0 Å². The minimum absolute atomic E-state index is 0. The SMILES string of the molecule is Cl.O=c1cc(-c2ccc(C(F)(F)F)cc2)ccn1-c1ccc2c3c([nH]c2c1)CCN1CCCC31. The first-order valence-electron chi connectivity index (χ1n) is 11.2. The fraction of sp³-hybridized carbons (Fsp3) is 0.269. The molecule has 6 rings (SSSR count). The maximum Gasteiger partial charge on any atom is 0.416 e. The molecule has 0 radical (unpaired) electrons. The number of rotatable bonds is 2. The predicted molar refractivity (Wildman–Crippen MR) is 129 cm³/mol. The van der Waals surface area contributed by atoms with E-state index in [2.05, 4.69) is 16.0 Å². The highest BCUT2D eigenvalue weighted by Crippen LogP contribution is 2.41. The van der Waals surface area contributed by atoms with E-state index < -0.39 is 11.7 Å². The van der Waals surface area contributed by atoms with Crippen LogP contribution in [-0.4, -0.2) is 27.5 Å². The van der Waals surface area contributed by atoms with Crippen LogP contribution in [0.25, 0.3) is 27.7 Å². The van der Waals surface area contributed by atoms with Crippen LogP contribution in [0.3, 0.4) is 0 Å². The van der Waals surface area contributed by atoms with Gasteiger partial charge in [0.05, 0.1) is 11.3 Å². The van der Waals surface area contributed by atoms with Crippen LogP contribution in [0.1, 0.15) is 35.7 Å². The first-order valence-corrected chi connectivity index (χ1v) is 11.2. The highest BCUT2D eigenvalue weighted by molar-refractivity contribution is 5.87. The zero-order valence-electron chi connectivity index (χ0n) is 18.2. The number of fused-ring (bicyclic) bond motifs is 5. The number of hydrogen-bond donors (Lipinski definition) is 1. The van der Waals surface area contributed by atoms with Crippen molar-refractivity contribution in [3.8, 4) is 16.8 Å². The number of hydrogen-bond acceptors (Lipinski definition) is 2. The molecule has 0 saturated carbocycles. The molecule has 0 spiro atoms. The van der Waals surface area contributed by atoms with E-state index in [0.717, 1.165) is 42.8 Å². The number of H-pyrrole nitrogens is 1. The third-order valence-corrected chi connectivity index (χ3v) is 6.99. The molecule has 0 aliphatic carbocycles. The zero-order chi connectivity index (χ0) is 22.7. The lowest BCUT2D eigenvalue weighted by Gasteiger charge is -2.29. The van der Waals surface area contributed by atoms with Gasteiger partial charge in [-0.1, -0.05) is 18.2 Å². The molecule has 2 aromatic heterocycles. The van der Waals surface area contributed by atoms with Gasteiger partial charge in [-0.15, -0.1) is 12.4 Å². The Kier molecular flexibility index (Phi) is 5.57. The van der Waals surface area contributed by atoms with Crippen LogP contribution >= 0.6 is 12.4 Å². The second kappa shape index (κ2) is 8.32. The van der Waals surface area contributed by atoms with E-state index in [1.807, 2.05) is 12.1 Å². The molecule has 2 aliphatic rings. The summed E-state index contributed by atoms with van der Waals surface area (Å²) in [5.74, 6) is 0. The number of benzene rings is 2. The van der Waals surface area contributed by atoms with Gasteiger partial charge in [0, 0.05) is 47.9 Å². The lowest BCUT2D eigenvalue weighted by atomic mass is 9.96. The first-order chi connectivity index (χ1) is 15.9. The molecule has 4 nitrogen and oxygen atoms in total. The molecule has 4 aromatic rings. The number of aromatic amines is 1. The summed E-state index contributed by atoms with van der Waals surface area (Å²) in [4.78, 5) is 19.0. The summed E-state index contributed by atoms with van der Waals surface area (Å²) in [6.45, 7) is 2.25. The average Bonchev–Trinajstić information content (AvgIpc) is 3.42. The Morgan fingerprint density at radius 3 is 2.47 bits per heavy atom. The highest BCUT2D eigenvalue weighted by Gasteiger charge is 2.33. The van der Waals surface area contributed by atoms with Crippen molar-refractivity contribution >= 4 is 23.3 Å². The van der Waals surface area contributed by atoms with Crippen LogP contribution in [0.4, 0.5) is 13.2 Å².